The zero-order chi connectivity index (χ0) is 16.4. The highest BCUT2D eigenvalue weighted by Gasteiger charge is 2.18. The van der Waals surface area contributed by atoms with Gasteiger partial charge in [-0.1, -0.05) is 37.5 Å². The number of hydrogen-bond acceptors (Lipinski definition) is 5. The molecule has 1 fully saturated rings. The molecule has 4 rings (SSSR count). The molecule has 0 radical (unpaired) electrons. The Morgan fingerprint density at radius 2 is 1.88 bits per heavy atom. The van der Waals surface area contributed by atoms with Crippen LogP contribution in [0.1, 0.15) is 32.1 Å². The van der Waals surface area contributed by atoms with Crippen LogP contribution in [0.25, 0.3) is 16.9 Å². The molecule has 0 unspecified atom stereocenters. The van der Waals surface area contributed by atoms with Gasteiger partial charge in [0.2, 0.25) is 11.8 Å². The fourth-order valence-electron chi connectivity index (χ4n) is 3.32. The maximum atomic E-state index is 5.98. The molecule has 3 aromatic rings. The van der Waals surface area contributed by atoms with Gasteiger partial charge in [0, 0.05) is 5.69 Å². The number of fused-ring (bicyclic) bond motifs is 1. The highest BCUT2D eigenvalue weighted by molar-refractivity contribution is 5.79. The number of rotatable bonds is 4. The van der Waals surface area contributed by atoms with Crippen LogP contribution >= 0.6 is 0 Å². The number of anilines is 1. The number of ether oxygens (including phenoxy) is 1. The molecule has 1 saturated carbocycles. The lowest BCUT2D eigenvalue weighted by atomic mass is 9.90. The minimum Gasteiger partial charge on any atom is -0.476 e. The van der Waals surface area contributed by atoms with E-state index in [1.54, 1.807) is 6.33 Å². The first-order chi connectivity index (χ1) is 11.8. The maximum absolute atomic E-state index is 5.98. The van der Waals surface area contributed by atoms with Crippen LogP contribution in [0.4, 0.5) is 5.95 Å². The van der Waals surface area contributed by atoms with Gasteiger partial charge < -0.3 is 10.5 Å². The van der Waals surface area contributed by atoms with Crippen LogP contribution in [-0.4, -0.2) is 26.1 Å². The summed E-state index contributed by atoms with van der Waals surface area (Å²) in [7, 11) is 0. The van der Waals surface area contributed by atoms with Crippen molar-refractivity contribution in [2.45, 2.75) is 32.1 Å². The molecular formula is C18H21N5O. The molecule has 1 aliphatic carbocycles. The number of aromatic nitrogens is 4. The zero-order valence-corrected chi connectivity index (χ0v) is 13.6. The minimum absolute atomic E-state index is 0.207. The van der Waals surface area contributed by atoms with E-state index in [9.17, 15) is 0 Å². The first kappa shape index (κ1) is 14.9. The number of nitrogens with zero attached hydrogens (tertiary/aromatic N) is 4. The van der Waals surface area contributed by atoms with Crippen molar-refractivity contribution in [1.29, 1.82) is 0 Å². The lowest BCUT2D eigenvalue weighted by Gasteiger charge is -2.21. The van der Waals surface area contributed by atoms with E-state index in [4.69, 9.17) is 10.5 Å². The molecule has 0 amide bonds. The summed E-state index contributed by atoms with van der Waals surface area (Å²) in [4.78, 5) is 13.1. The molecule has 2 N–H and O–H groups in total. The Labute approximate surface area is 140 Å². The van der Waals surface area contributed by atoms with E-state index in [2.05, 4.69) is 15.0 Å². The van der Waals surface area contributed by atoms with Gasteiger partial charge in [0.1, 0.15) is 6.33 Å². The molecule has 0 saturated heterocycles. The second kappa shape index (κ2) is 6.47. The van der Waals surface area contributed by atoms with Gasteiger partial charge in [-0.25, -0.2) is 4.98 Å². The highest BCUT2D eigenvalue weighted by atomic mass is 16.5. The van der Waals surface area contributed by atoms with Gasteiger partial charge in [0.05, 0.1) is 6.61 Å². The lowest BCUT2D eigenvalue weighted by molar-refractivity contribution is 0.205. The predicted octanol–water partition coefficient (Wildman–Crippen LogP) is 3.36. The molecule has 1 aliphatic rings. The normalized spacial score (nSPS) is 15.7. The first-order valence-corrected chi connectivity index (χ1v) is 8.50. The van der Waals surface area contributed by atoms with E-state index in [-0.39, 0.29) is 5.95 Å². The number of benzene rings is 1. The summed E-state index contributed by atoms with van der Waals surface area (Å²) >= 11 is 0. The first-order valence-electron chi connectivity index (χ1n) is 8.50. The highest BCUT2D eigenvalue weighted by Crippen LogP contribution is 2.27. The third kappa shape index (κ3) is 2.91. The van der Waals surface area contributed by atoms with Crippen LogP contribution in [0, 0.1) is 5.92 Å². The second-order valence-corrected chi connectivity index (χ2v) is 6.32. The molecule has 124 valence electrons. The summed E-state index contributed by atoms with van der Waals surface area (Å²) in [6.45, 7) is 0.670. The van der Waals surface area contributed by atoms with Gasteiger partial charge in [-0.2, -0.15) is 9.97 Å². The summed E-state index contributed by atoms with van der Waals surface area (Å²) in [5, 5.41) is 0. The quantitative estimate of drug-likeness (QED) is 0.796. The Balaban J connectivity index is 1.65. The zero-order valence-electron chi connectivity index (χ0n) is 13.6. The van der Waals surface area contributed by atoms with Gasteiger partial charge >= 0.3 is 0 Å². The third-order valence-corrected chi connectivity index (χ3v) is 4.60. The smallest absolute Gasteiger partial charge is 0.247 e. The van der Waals surface area contributed by atoms with Crippen molar-refractivity contribution in [2.24, 2.45) is 5.92 Å². The Hall–Kier alpha value is -2.63. The Morgan fingerprint density at radius 3 is 2.67 bits per heavy atom. The van der Waals surface area contributed by atoms with Crippen LogP contribution in [0.3, 0.4) is 0 Å². The number of hydrogen-bond donors (Lipinski definition) is 1. The molecule has 0 aliphatic heterocycles. The SMILES string of the molecule is Nc1nc(OCC2CCCCC2)c2ncn(-c3ccccc3)c2n1. The van der Waals surface area contributed by atoms with Gasteiger partial charge in [0.15, 0.2) is 11.2 Å². The minimum atomic E-state index is 0.207. The number of nitrogens with two attached hydrogens (primary N) is 1. The molecule has 2 heterocycles. The standard InChI is InChI=1S/C18H21N5O/c19-18-21-16-15(20-12-23(16)14-9-5-2-6-10-14)17(22-18)24-11-13-7-3-1-4-8-13/h2,5-6,9-10,12-13H,1,3-4,7-8,11H2,(H2,19,21,22). The van der Waals surface area contributed by atoms with E-state index in [1.807, 2.05) is 34.9 Å². The maximum Gasteiger partial charge on any atom is 0.247 e. The van der Waals surface area contributed by atoms with Crippen molar-refractivity contribution in [3.8, 4) is 11.6 Å². The fraction of sp³-hybridized carbons (Fsp3) is 0.389. The number of para-hydroxylation sites is 1. The number of nitrogen functional groups attached to an aromatic ring is 1. The average Bonchev–Trinajstić information content (AvgIpc) is 3.05. The van der Waals surface area contributed by atoms with Crippen LogP contribution in [0.5, 0.6) is 5.88 Å². The van der Waals surface area contributed by atoms with Crippen molar-refractivity contribution >= 4 is 17.1 Å². The van der Waals surface area contributed by atoms with Crippen molar-refractivity contribution < 1.29 is 4.74 Å². The van der Waals surface area contributed by atoms with Crippen LogP contribution in [-0.2, 0) is 0 Å². The molecular weight excluding hydrogens is 302 g/mol. The molecule has 6 nitrogen and oxygen atoms in total. The largest absolute Gasteiger partial charge is 0.476 e. The van der Waals surface area contributed by atoms with Crippen molar-refractivity contribution in [1.82, 2.24) is 19.5 Å². The molecule has 2 aromatic heterocycles. The third-order valence-electron chi connectivity index (χ3n) is 4.60. The number of imidazole rings is 1. The Kier molecular flexibility index (Phi) is 4.02. The Morgan fingerprint density at radius 1 is 1.08 bits per heavy atom. The van der Waals surface area contributed by atoms with E-state index in [1.165, 1.54) is 32.1 Å². The summed E-state index contributed by atoms with van der Waals surface area (Å²) in [5.74, 6) is 1.29. The van der Waals surface area contributed by atoms with Gasteiger partial charge in [-0.3, -0.25) is 4.57 Å². The molecule has 0 atom stereocenters. The van der Waals surface area contributed by atoms with Gasteiger partial charge in [0.25, 0.3) is 0 Å². The predicted molar refractivity (Wildman–Crippen MR) is 93.1 cm³/mol. The van der Waals surface area contributed by atoms with Crippen LogP contribution in [0.15, 0.2) is 36.7 Å². The van der Waals surface area contributed by atoms with Crippen molar-refractivity contribution in [3.05, 3.63) is 36.7 Å². The van der Waals surface area contributed by atoms with E-state index in [0.29, 0.717) is 29.6 Å². The molecule has 24 heavy (non-hydrogen) atoms. The summed E-state index contributed by atoms with van der Waals surface area (Å²) in [6, 6.07) is 9.94. The van der Waals surface area contributed by atoms with Crippen molar-refractivity contribution in [2.75, 3.05) is 12.3 Å². The Bertz CT molecular complexity index is 824. The van der Waals surface area contributed by atoms with Crippen LogP contribution in [0.2, 0.25) is 0 Å². The van der Waals surface area contributed by atoms with Crippen molar-refractivity contribution in [3.63, 3.8) is 0 Å². The monoisotopic (exact) mass is 323 g/mol. The summed E-state index contributed by atoms with van der Waals surface area (Å²) in [5.41, 5.74) is 8.21. The second-order valence-electron chi connectivity index (χ2n) is 6.32. The van der Waals surface area contributed by atoms with Gasteiger partial charge in [-0.15, -0.1) is 0 Å². The fourth-order valence-corrected chi connectivity index (χ4v) is 3.32. The molecule has 0 spiro atoms. The summed E-state index contributed by atoms with van der Waals surface area (Å²) in [6.07, 6.45) is 8.10. The average molecular weight is 323 g/mol. The van der Waals surface area contributed by atoms with E-state index >= 15 is 0 Å². The van der Waals surface area contributed by atoms with Gasteiger partial charge in [-0.05, 0) is 30.9 Å². The summed E-state index contributed by atoms with van der Waals surface area (Å²) < 4.78 is 7.89. The molecule has 6 heteroatoms. The molecule has 1 aromatic carbocycles. The van der Waals surface area contributed by atoms with E-state index in [0.717, 1.165) is 5.69 Å². The lowest BCUT2D eigenvalue weighted by Crippen LogP contribution is -2.16. The van der Waals surface area contributed by atoms with E-state index < -0.39 is 0 Å². The van der Waals surface area contributed by atoms with Crippen LogP contribution < -0.4 is 10.5 Å². The topological polar surface area (TPSA) is 78.9 Å². The molecule has 0 bridgehead atoms.